The van der Waals surface area contributed by atoms with E-state index in [0.29, 0.717) is 6.54 Å². The van der Waals surface area contributed by atoms with E-state index in [1.807, 2.05) is 18.2 Å². The monoisotopic (exact) mass is 290 g/mol. The van der Waals surface area contributed by atoms with Gasteiger partial charge in [-0.2, -0.15) is 0 Å². The zero-order valence-corrected chi connectivity index (χ0v) is 12.6. The number of ether oxygens (including phenoxy) is 2. The van der Waals surface area contributed by atoms with Gasteiger partial charge in [-0.05, 0) is 19.2 Å². The second-order valence-corrected chi connectivity index (χ2v) is 5.48. The molecule has 0 radical (unpaired) electrons. The number of nitrogens with zero attached hydrogens (tertiary/aromatic N) is 1. The van der Waals surface area contributed by atoms with Gasteiger partial charge >= 0.3 is 0 Å². The number of benzene rings is 1. The topological polar surface area (TPSA) is 46.9 Å². The van der Waals surface area contributed by atoms with Gasteiger partial charge in [0.15, 0.2) is 11.3 Å². The van der Waals surface area contributed by atoms with Crippen LogP contribution in [0.25, 0.3) is 11.0 Å². The molecule has 2 heterocycles. The molecule has 1 aliphatic heterocycles. The first kappa shape index (κ1) is 14.4. The van der Waals surface area contributed by atoms with E-state index >= 15 is 0 Å². The molecule has 3 rings (SSSR count). The summed E-state index contributed by atoms with van der Waals surface area (Å²) in [5.41, 5.74) is 0.811. The predicted molar refractivity (Wildman–Crippen MR) is 81.7 cm³/mol. The molecule has 0 saturated carbocycles. The van der Waals surface area contributed by atoms with Crippen LogP contribution in [0.1, 0.15) is 5.76 Å². The Morgan fingerprint density at radius 3 is 3.14 bits per heavy atom. The molecular formula is C16H22N2O3. The van der Waals surface area contributed by atoms with Crippen molar-refractivity contribution in [2.75, 3.05) is 40.4 Å². The maximum atomic E-state index is 5.86. The van der Waals surface area contributed by atoms with Gasteiger partial charge < -0.3 is 24.1 Å². The van der Waals surface area contributed by atoms with Gasteiger partial charge in [0.25, 0.3) is 0 Å². The van der Waals surface area contributed by atoms with E-state index in [1.165, 1.54) is 0 Å². The van der Waals surface area contributed by atoms with Crippen LogP contribution in [-0.2, 0) is 11.3 Å². The van der Waals surface area contributed by atoms with Gasteiger partial charge in [0, 0.05) is 25.0 Å². The molecular weight excluding hydrogens is 268 g/mol. The first-order chi connectivity index (χ1) is 10.3. The van der Waals surface area contributed by atoms with Crippen LogP contribution in [0.4, 0.5) is 0 Å². The lowest BCUT2D eigenvalue weighted by atomic mass is 10.2. The number of furan rings is 1. The minimum absolute atomic E-state index is 0.252. The van der Waals surface area contributed by atoms with E-state index in [9.17, 15) is 0 Å². The molecule has 1 unspecified atom stereocenters. The Hall–Kier alpha value is -1.56. The Bertz CT molecular complexity index is 596. The average molecular weight is 290 g/mol. The highest BCUT2D eigenvalue weighted by molar-refractivity contribution is 5.83. The highest BCUT2D eigenvalue weighted by Crippen LogP contribution is 2.28. The molecule has 5 heteroatoms. The molecule has 114 valence electrons. The van der Waals surface area contributed by atoms with Crippen LogP contribution in [0.15, 0.2) is 28.7 Å². The molecule has 0 spiro atoms. The van der Waals surface area contributed by atoms with Gasteiger partial charge in [0.05, 0.1) is 26.4 Å². The van der Waals surface area contributed by atoms with Crippen LogP contribution in [0.5, 0.6) is 5.75 Å². The third-order valence-electron chi connectivity index (χ3n) is 3.79. The van der Waals surface area contributed by atoms with Crippen LogP contribution in [0, 0.1) is 0 Å². The number of nitrogens with one attached hydrogen (secondary N) is 1. The molecule has 1 saturated heterocycles. The largest absolute Gasteiger partial charge is 0.493 e. The molecule has 0 aliphatic carbocycles. The standard InChI is InChI=1S/C16H22N2O3/c1-18-6-7-20-14(11-18)10-17-9-13-8-12-4-3-5-15(19-2)16(12)21-13/h3-5,8,14,17H,6-7,9-11H2,1-2H3. The fraction of sp³-hybridized carbons (Fsp3) is 0.500. The maximum Gasteiger partial charge on any atom is 0.176 e. The summed E-state index contributed by atoms with van der Waals surface area (Å²) < 4.78 is 16.9. The van der Waals surface area contributed by atoms with Crippen LogP contribution < -0.4 is 10.1 Å². The third kappa shape index (κ3) is 3.37. The molecule has 5 nitrogen and oxygen atoms in total. The molecule has 1 aliphatic rings. The van der Waals surface area contributed by atoms with E-state index in [-0.39, 0.29) is 6.10 Å². The second kappa shape index (κ2) is 6.47. The number of para-hydroxylation sites is 1. The Morgan fingerprint density at radius 2 is 2.33 bits per heavy atom. The van der Waals surface area contributed by atoms with Crippen molar-refractivity contribution in [3.05, 3.63) is 30.0 Å². The summed E-state index contributed by atoms with van der Waals surface area (Å²) in [6.45, 7) is 4.32. The van der Waals surface area contributed by atoms with E-state index in [4.69, 9.17) is 13.9 Å². The van der Waals surface area contributed by atoms with Gasteiger partial charge in [-0.3, -0.25) is 0 Å². The number of likely N-dealkylation sites (N-methyl/N-ethyl adjacent to an activating group) is 1. The second-order valence-electron chi connectivity index (χ2n) is 5.48. The van der Waals surface area contributed by atoms with Gasteiger partial charge in [0.2, 0.25) is 0 Å². The van der Waals surface area contributed by atoms with Gasteiger partial charge in [-0.1, -0.05) is 12.1 Å². The van der Waals surface area contributed by atoms with Crippen molar-refractivity contribution in [1.29, 1.82) is 0 Å². The number of rotatable bonds is 5. The Kier molecular flexibility index (Phi) is 4.43. The molecule has 1 N–H and O–H groups in total. The lowest BCUT2D eigenvalue weighted by molar-refractivity contribution is -0.0183. The highest BCUT2D eigenvalue weighted by Gasteiger charge is 2.17. The molecule has 2 aromatic rings. The zero-order chi connectivity index (χ0) is 14.7. The fourth-order valence-corrected chi connectivity index (χ4v) is 2.68. The first-order valence-electron chi connectivity index (χ1n) is 7.32. The predicted octanol–water partition coefficient (Wildman–Crippen LogP) is 1.86. The van der Waals surface area contributed by atoms with Crippen LogP contribution in [0.3, 0.4) is 0 Å². The third-order valence-corrected chi connectivity index (χ3v) is 3.79. The normalized spacial score (nSPS) is 20.0. The smallest absolute Gasteiger partial charge is 0.176 e. The van der Waals surface area contributed by atoms with Crippen LogP contribution in [0.2, 0.25) is 0 Å². The van der Waals surface area contributed by atoms with Crippen molar-refractivity contribution < 1.29 is 13.9 Å². The molecule has 21 heavy (non-hydrogen) atoms. The van der Waals surface area contributed by atoms with E-state index in [0.717, 1.165) is 48.7 Å². The Morgan fingerprint density at radius 1 is 1.43 bits per heavy atom. The molecule has 1 aromatic heterocycles. The summed E-state index contributed by atoms with van der Waals surface area (Å²) in [7, 11) is 3.78. The van der Waals surface area contributed by atoms with Crippen molar-refractivity contribution in [1.82, 2.24) is 10.2 Å². The van der Waals surface area contributed by atoms with Crippen molar-refractivity contribution in [2.45, 2.75) is 12.6 Å². The van der Waals surface area contributed by atoms with Gasteiger partial charge in [-0.25, -0.2) is 0 Å². The number of hydrogen-bond acceptors (Lipinski definition) is 5. The SMILES string of the molecule is COc1cccc2cc(CNCC3CN(C)CCO3)oc12. The maximum absolute atomic E-state index is 5.86. The summed E-state index contributed by atoms with van der Waals surface area (Å²) >= 11 is 0. The molecule has 1 fully saturated rings. The van der Waals surface area contributed by atoms with Crippen molar-refractivity contribution in [3.8, 4) is 5.75 Å². The minimum Gasteiger partial charge on any atom is -0.493 e. The number of methoxy groups -OCH3 is 1. The molecule has 0 amide bonds. The first-order valence-corrected chi connectivity index (χ1v) is 7.32. The van der Waals surface area contributed by atoms with Crippen molar-refractivity contribution >= 4 is 11.0 Å². The number of hydrogen-bond donors (Lipinski definition) is 1. The van der Waals surface area contributed by atoms with Crippen LogP contribution in [-0.4, -0.2) is 51.4 Å². The fourth-order valence-electron chi connectivity index (χ4n) is 2.68. The summed E-state index contributed by atoms with van der Waals surface area (Å²) in [6.07, 6.45) is 0.252. The van der Waals surface area contributed by atoms with Crippen molar-refractivity contribution in [2.24, 2.45) is 0 Å². The van der Waals surface area contributed by atoms with E-state index in [2.05, 4.69) is 23.3 Å². The lowest BCUT2D eigenvalue weighted by Gasteiger charge is -2.30. The zero-order valence-electron chi connectivity index (χ0n) is 12.6. The molecule has 0 bridgehead atoms. The van der Waals surface area contributed by atoms with E-state index < -0.39 is 0 Å². The number of morpholine rings is 1. The highest BCUT2D eigenvalue weighted by atomic mass is 16.5. The summed E-state index contributed by atoms with van der Waals surface area (Å²) in [6, 6.07) is 7.97. The minimum atomic E-state index is 0.252. The Balaban J connectivity index is 1.58. The molecule has 1 aromatic carbocycles. The average Bonchev–Trinajstić information content (AvgIpc) is 2.90. The quantitative estimate of drug-likeness (QED) is 0.911. The Labute approximate surface area is 124 Å². The number of fused-ring (bicyclic) bond motifs is 1. The summed E-state index contributed by atoms with van der Waals surface area (Å²) in [5, 5.41) is 4.47. The van der Waals surface area contributed by atoms with E-state index in [1.54, 1.807) is 7.11 Å². The van der Waals surface area contributed by atoms with Crippen LogP contribution >= 0.6 is 0 Å². The lowest BCUT2D eigenvalue weighted by Crippen LogP contribution is -2.44. The summed E-state index contributed by atoms with van der Waals surface area (Å²) in [5.74, 6) is 1.69. The van der Waals surface area contributed by atoms with Crippen molar-refractivity contribution in [3.63, 3.8) is 0 Å². The summed E-state index contributed by atoms with van der Waals surface area (Å²) in [4.78, 5) is 2.29. The van der Waals surface area contributed by atoms with Gasteiger partial charge in [-0.15, -0.1) is 0 Å². The molecule has 1 atom stereocenters. The van der Waals surface area contributed by atoms with Gasteiger partial charge in [0.1, 0.15) is 5.76 Å².